The van der Waals surface area contributed by atoms with Crippen LogP contribution in [0, 0.1) is 12.3 Å². The van der Waals surface area contributed by atoms with E-state index in [0.29, 0.717) is 29.7 Å². The third-order valence-electron chi connectivity index (χ3n) is 1.96. The van der Waals surface area contributed by atoms with Crippen molar-refractivity contribution in [3.63, 3.8) is 0 Å². The predicted molar refractivity (Wildman–Crippen MR) is 71.6 cm³/mol. The summed E-state index contributed by atoms with van der Waals surface area (Å²) in [6, 6.07) is 5.26. The van der Waals surface area contributed by atoms with Crippen LogP contribution in [0.1, 0.15) is 6.42 Å². The van der Waals surface area contributed by atoms with Gasteiger partial charge in [-0.2, -0.15) is 0 Å². The summed E-state index contributed by atoms with van der Waals surface area (Å²) in [5.74, 6) is 3.40. The molecule has 0 unspecified atom stereocenters. The molecule has 1 rings (SSSR count). The van der Waals surface area contributed by atoms with Gasteiger partial charge in [0.2, 0.25) is 0 Å². The summed E-state index contributed by atoms with van der Waals surface area (Å²) < 4.78 is 5.04. The minimum absolute atomic E-state index is 0.307. The van der Waals surface area contributed by atoms with Crippen molar-refractivity contribution < 1.29 is 4.74 Å². The summed E-state index contributed by atoms with van der Waals surface area (Å²) >= 11 is 5.97. The minimum atomic E-state index is 0.307. The molecule has 4 nitrogen and oxygen atoms in total. The van der Waals surface area contributed by atoms with E-state index >= 15 is 0 Å². The number of hydrogen-bond donors (Lipinski definition) is 2. The standard InChI is InChI=1S/C12H14ClN3O/c1-3-4-7-15-12(14)16-9-5-6-11(17-2)10(13)8-9/h1,5-6,8H,4,7H2,2H3,(H3,14,15,16). The summed E-state index contributed by atoms with van der Waals surface area (Å²) in [6.45, 7) is 0.499. The van der Waals surface area contributed by atoms with E-state index in [1.165, 1.54) is 0 Å². The molecule has 0 saturated heterocycles. The Labute approximate surface area is 106 Å². The van der Waals surface area contributed by atoms with Gasteiger partial charge in [0, 0.05) is 12.1 Å². The number of nitrogens with one attached hydrogen (secondary N) is 1. The van der Waals surface area contributed by atoms with Gasteiger partial charge in [-0.05, 0) is 18.2 Å². The van der Waals surface area contributed by atoms with Gasteiger partial charge in [0.15, 0.2) is 5.96 Å². The summed E-state index contributed by atoms with van der Waals surface area (Å²) in [7, 11) is 1.56. The summed E-state index contributed by atoms with van der Waals surface area (Å²) in [5.41, 5.74) is 6.41. The summed E-state index contributed by atoms with van der Waals surface area (Å²) in [4.78, 5) is 4.05. The van der Waals surface area contributed by atoms with Gasteiger partial charge in [-0.15, -0.1) is 12.3 Å². The van der Waals surface area contributed by atoms with Crippen LogP contribution in [0.5, 0.6) is 5.75 Å². The van der Waals surface area contributed by atoms with Crippen molar-refractivity contribution in [2.24, 2.45) is 10.7 Å². The van der Waals surface area contributed by atoms with Crippen molar-refractivity contribution in [3.05, 3.63) is 23.2 Å². The van der Waals surface area contributed by atoms with Crippen LogP contribution in [0.15, 0.2) is 23.2 Å². The molecule has 0 amide bonds. The Morgan fingerprint density at radius 1 is 1.65 bits per heavy atom. The number of rotatable bonds is 4. The van der Waals surface area contributed by atoms with E-state index in [0.717, 1.165) is 5.69 Å². The lowest BCUT2D eigenvalue weighted by Crippen LogP contribution is -2.22. The molecule has 0 aliphatic rings. The number of ether oxygens (including phenoxy) is 1. The number of halogens is 1. The second-order valence-corrected chi connectivity index (χ2v) is 3.60. The lowest BCUT2D eigenvalue weighted by molar-refractivity contribution is 0.415. The number of nitrogens with two attached hydrogens (primary N) is 1. The van der Waals surface area contributed by atoms with Crippen LogP contribution in [0.25, 0.3) is 0 Å². The number of benzene rings is 1. The third kappa shape index (κ3) is 4.25. The maximum absolute atomic E-state index is 5.97. The highest BCUT2D eigenvalue weighted by molar-refractivity contribution is 6.32. The predicted octanol–water partition coefficient (Wildman–Crippen LogP) is 2.10. The lowest BCUT2D eigenvalue weighted by atomic mass is 10.3. The minimum Gasteiger partial charge on any atom is -0.495 e. The van der Waals surface area contributed by atoms with Gasteiger partial charge in [-0.25, -0.2) is 0 Å². The van der Waals surface area contributed by atoms with Crippen molar-refractivity contribution in [1.82, 2.24) is 0 Å². The van der Waals surface area contributed by atoms with E-state index in [9.17, 15) is 0 Å². The molecule has 90 valence electrons. The molecule has 1 aromatic rings. The van der Waals surface area contributed by atoms with Crippen molar-refractivity contribution in [2.45, 2.75) is 6.42 Å². The zero-order valence-electron chi connectivity index (χ0n) is 9.53. The first kappa shape index (κ1) is 13.2. The number of aliphatic imine (C=N–C) groups is 1. The fraction of sp³-hybridized carbons (Fsp3) is 0.250. The molecule has 0 aliphatic heterocycles. The van der Waals surface area contributed by atoms with Crippen molar-refractivity contribution in [3.8, 4) is 18.1 Å². The number of anilines is 1. The zero-order valence-corrected chi connectivity index (χ0v) is 10.3. The Kier molecular flexibility index (Phi) is 5.18. The molecule has 0 aromatic heterocycles. The van der Waals surface area contributed by atoms with Crippen LogP contribution in [0.4, 0.5) is 5.69 Å². The quantitative estimate of drug-likeness (QED) is 0.373. The van der Waals surface area contributed by atoms with Crippen LogP contribution >= 0.6 is 11.6 Å². The number of methoxy groups -OCH3 is 1. The highest BCUT2D eigenvalue weighted by Gasteiger charge is 2.02. The van der Waals surface area contributed by atoms with E-state index in [-0.39, 0.29) is 0 Å². The van der Waals surface area contributed by atoms with E-state index in [4.69, 9.17) is 28.5 Å². The molecule has 0 atom stereocenters. The molecular formula is C12H14ClN3O. The maximum atomic E-state index is 5.97. The van der Waals surface area contributed by atoms with Crippen molar-refractivity contribution in [1.29, 1.82) is 0 Å². The second kappa shape index (κ2) is 6.66. The molecule has 3 N–H and O–H groups in total. The van der Waals surface area contributed by atoms with Crippen molar-refractivity contribution >= 4 is 23.2 Å². The molecule has 17 heavy (non-hydrogen) atoms. The van der Waals surface area contributed by atoms with Crippen molar-refractivity contribution in [2.75, 3.05) is 19.0 Å². The molecule has 0 aliphatic carbocycles. The number of guanidine groups is 1. The number of hydrogen-bond acceptors (Lipinski definition) is 2. The molecule has 5 heteroatoms. The fourth-order valence-electron chi connectivity index (χ4n) is 1.17. The molecule has 0 bridgehead atoms. The smallest absolute Gasteiger partial charge is 0.193 e. The van der Waals surface area contributed by atoms with Crippen LogP contribution in [-0.2, 0) is 0 Å². The summed E-state index contributed by atoms with van der Waals surface area (Å²) in [6.07, 6.45) is 5.67. The average Bonchev–Trinajstić information content (AvgIpc) is 2.29. The Morgan fingerprint density at radius 3 is 3.00 bits per heavy atom. The highest BCUT2D eigenvalue weighted by atomic mass is 35.5. The maximum Gasteiger partial charge on any atom is 0.193 e. The molecule has 0 spiro atoms. The first-order valence-corrected chi connectivity index (χ1v) is 5.39. The molecule has 0 saturated carbocycles. The first-order chi connectivity index (χ1) is 8.17. The molecule has 0 radical (unpaired) electrons. The van der Waals surface area contributed by atoms with Gasteiger partial charge in [0.05, 0.1) is 18.7 Å². The lowest BCUT2D eigenvalue weighted by Gasteiger charge is -2.08. The highest BCUT2D eigenvalue weighted by Crippen LogP contribution is 2.26. The monoisotopic (exact) mass is 251 g/mol. The second-order valence-electron chi connectivity index (χ2n) is 3.20. The van der Waals surface area contributed by atoms with Gasteiger partial charge < -0.3 is 15.8 Å². The molecule has 1 aromatic carbocycles. The first-order valence-electron chi connectivity index (χ1n) is 5.01. The van der Waals surface area contributed by atoms with Crippen LogP contribution in [-0.4, -0.2) is 19.6 Å². The zero-order chi connectivity index (χ0) is 12.7. The van der Waals surface area contributed by atoms with E-state index in [2.05, 4.69) is 16.2 Å². The number of terminal acetylenes is 1. The Bertz CT molecular complexity index is 452. The largest absolute Gasteiger partial charge is 0.495 e. The molecule has 0 fully saturated rings. The summed E-state index contributed by atoms with van der Waals surface area (Å²) in [5, 5.41) is 3.42. The van der Waals surface area contributed by atoms with Gasteiger partial charge in [0.1, 0.15) is 5.75 Å². The van der Waals surface area contributed by atoms with E-state index in [1.54, 1.807) is 25.3 Å². The van der Waals surface area contributed by atoms with Gasteiger partial charge in [-0.3, -0.25) is 4.99 Å². The SMILES string of the molecule is C#CCCN=C(N)Nc1ccc(OC)c(Cl)c1. The van der Waals surface area contributed by atoms with Crippen LogP contribution < -0.4 is 15.8 Å². The molecular weight excluding hydrogens is 238 g/mol. The normalized spacial score (nSPS) is 10.8. The van der Waals surface area contributed by atoms with E-state index < -0.39 is 0 Å². The van der Waals surface area contributed by atoms with E-state index in [1.807, 2.05) is 0 Å². The van der Waals surface area contributed by atoms with Gasteiger partial charge >= 0.3 is 0 Å². The van der Waals surface area contributed by atoms with Crippen LogP contribution in [0.3, 0.4) is 0 Å². The average molecular weight is 252 g/mol. The number of nitrogens with zero attached hydrogens (tertiary/aromatic N) is 1. The Morgan fingerprint density at radius 2 is 2.41 bits per heavy atom. The van der Waals surface area contributed by atoms with Gasteiger partial charge in [0.25, 0.3) is 0 Å². The van der Waals surface area contributed by atoms with Gasteiger partial charge in [-0.1, -0.05) is 11.6 Å². The Hall–Kier alpha value is -1.86. The Balaban J connectivity index is 2.66. The molecule has 0 heterocycles. The van der Waals surface area contributed by atoms with Crippen LogP contribution in [0.2, 0.25) is 5.02 Å². The third-order valence-corrected chi connectivity index (χ3v) is 2.26. The fourth-order valence-corrected chi connectivity index (χ4v) is 1.43. The topological polar surface area (TPSA) is 59.6 Å².